The molecule has 0 aromatic heterocycles. The zero-order valence-electron chi connectivity index (χ0n) is 14.5. The quantitative estimate of drug-likeness (QED) is 0.774. The fourth-order valence-corrected chi connectivity index (χ4v) is 4.08. The van der Waals surface area contributed by atoms with Gasteiger partial charge in [-0.15, -0.1) is 0 Å². The first kappa shape index (κ1) is 16.3. The summed E-state index contributed by atoms with van der Waals surface area (Å²) in [4.78, 5) is 5.43. The van der Waals surface area contributed by atoms with E-state index in [4.69, 9.17) is 0 Å². The van der Waals surface area contributed by atoms with E-state index in [1.807, 2.05) is 0 Å². The van der Waals surface area contributed by atoms with Gasteiger partial charge in [0.05, 0.1) is 0 Å². The molecule has 2 nitrogen and oxygen atoms in total. The molecule has 2 rings (SSSR count). The van der Waals surface area contributed by atoms with Crippen LogP contribution in [0.15, 0.2) is 0 Å². The molecule has 0 aromatic carbocycles. The lowest BCUT2D eigenvalue weighted by Gasteiger charge is -2.47. The monoisotopic (exact) mass is 280 g/mol. The van der Waals surface area contributed by atoms with Gasteiger partial charge in [0.1, 0.15) is 0 Å². The first-order valence-electron chi connectivity index (χ1n) is 8.81. The van der Waals surface area contributed by atoms with E-state index in [-0.39, 0.29) is 0 Å². The van der Waals surface area contributed by atoms with E-state index < -0.39 is 0 Å². The summed E-state index contributed by atoms with van der Waals surface area (Å²) < 4.78 is 0. The molecular weight excluding hydrogens is 244 g/mol. The largest absolute Gasteiger partial charge is 0.303 e. The Morgan fingerprint density at radius 1 is 1.00 bits per heavy atom. The van der Waals surface area contributed by atoms with Crippen LogP contribution >= 0.6 is 0 Å². The lowest BCUT2D eigenvalue weighted by molar-refractivity contribution is 0.0211. The third-order valence-corrected chi connectivity index (χ3v) is 5.51. The molecule has 2 saturated heterocycles. The standard InChI is InChI=1S/C18H36N2/c1-15(2)12-20-11-8-17(18(4,5)14-20)13-19-9-6-16(3)7-10-19/h15-17H,6-14H2,1-5H3/t17-/m0/s1. The summed E-state index contributed by atoms with van der Waals surface area (Å²) in [6, 6.07) is 0. The Morgan fingerprint density at radius 3 is 2.15 bits per heavy atom. The topological polar surface area (TPSA) is 6.48 Å². The summed E-state index contributed by atoms with van der Waals surface area (Å²) in [7, 11) is 0. The highest BCUT2D eigenvalue weighted by atomic mass is 15.2. The second-order valence-corrected chi connectivity index (χ2v) is 8.59. The molecule has 2 aliphatic rings. The summed E-state index contributed by atoms with van der Waals surface area (Å²) in [6.45, 7) is 20.0. The van der Waals surface area contributed by atoms with E-state index in [1.54, 1.807) is 0 Å². The Balaban J connectivity index is 1.84. The van der Waals surface area contributed by atoms with E-state index >= 15 is 0 Å². The maximum absolute atomic E-state index is 2.74. The number of hydrogen-bond donors (Lipinski definition) is 0. The third-order valence-electron chi connectivity index (χ3n) is 5.51. The molecule has 0 unspecified atom stereocenters. The van der Waals surface area contributed by atoms with Gasteiger partial charge >= 0.3 is 0 Å². The minimum absolute atomic E-state index is 0.482. The Hall–Kier alpha value is -0.0800. The van der Waals surface area contributed by atoms with E-state index in [9.17, 15) is 0 Å². The van der Waals surface area contributed by atoms with Crippen molar-refractivity contribution in [3.63, 3.8) is 0 Å². The fourth-order valence-electron chi connectivity index (χ4n) is 4.08. The Morgan fingerprint density at radius 2 is 1.60 bits per heavy atom. The number of piperidine rings is 2. The van der Waals surface area contributed by atoms with Crippen molar-refractivity contribution < 1.29 is 0 Å². The molecule has 0 spiro atoms. The summed E-state index contributed by atoms with van der Waals surface area (Å²) in [5.74, 6) is 2.64. The molecule has 2 heteroatoms. The molecule has 0 aromatic rings. The number of hydrogen-bond acceptors (Lipinski definition) is 2. The highest BCUT2D eigenvalue weighted by molar-refractivity contribution is 4.89. The molecule has 2 heterocycles. The van der Waals surface area contributed by atoms with Gasteiger partial charge in [0.25, 0.3) is 0 Å². The van der Waals surface area contributed by atoms with Gasteiger partial charge in [0.15, 0.2) is 0 Å². The number of rotatable bonds is 4. The summed E-state index contributed by atoms with van der Waals surface area (Å²) >= 11 is 0. The van der Waals surface area contributed by atoms with Crippen molar-refractivity contribution in [2.75, 3.05) is 39.3 Å². The molecular formula is C18H36N2. The third kappa shape index (κ3) is 4.46. The van der Waals surface area contributed by atoms with Crippen molar-refractivity contribution >= 4 is 0 Å². The molecule has 0 bridgehead atoms. The van der Waals surface area contributed by atoms with Crippen LogP contribution in [0.4, 0.5) is 0 Å². The van der Waals surface area contributed by atoms with Crippen molar-refractivity contribution in [2.24, 2.45) is 23.2 Å². The molecule has 0 saturated carbocycles. The van der Waals surface area contributed by atoms with E-state index in [2.05, 4.69) is 44.4 Å². The maximum Gasteiger partial charge on any atom is 0.00359 e. The van der Waals surface area contributed by atoms with Gasteiger partial charge in [-0.2, -0.15) is 0 Å². The Labute approximate surface area is 126 Å². The molecule has 0 N–H and O–H groups in total. The maximum atomic E-state index is 2.74. The van der Waals surface area contributed by atoms with E-state index in [0.29, 0.717) is 5.41 Å². The van der Waals surface area contributed by atoms with Crippen molar-refractivity contribution in [3.05, 3.63) is 0 Å². The van der Waals surface area contributed by atoms with E-state index in [1.165, 1.54) is 58.5 Å². The van der Waals surface area contributed by atoms with Crippen LogP contribution in [-0.2, 0) is 0 Å². The van der Waals surface area contributed by atoms with Crippen LogP contribution in [0.3, 0.4) is 0 Å². The van der Waals surface area contributed by atoms with Gasteiger partial charge in [0, 0.05) is 19.6 Å². The lowest BCUT2D eigenvalue weighted by atomic mass is 9.73. The van der Waals surface area contributed by atoms with Crippen LogP contribution in [0.1, 0.15) is 53.9 Å². The summed E-state index contributed by atoms with van der Waals surface area (Å²) in [5.41, 5.74) is 0.482. The molecule has 0 aliphatic carbocycles. The summed E-state index contributed by atoms with van der Waals surface area (Å²) in [5, 5.41) is 0. The minimum Gasteiger partial charge on any atom is -0.303 e. The normalized spacial score (nSPS) is 30.0. The van der Waals surface area contributed by atoms with Crippen LogP contribution < -0.4 is 0 Å². The smallest absolute Gasteiger partial charge is 0.00359 e. The molecule has 0 amide bonds. The van der Waals surface area contributed by atoms with Gasteiger partial charge in [-0.3, -0.25) is 0 Å². The molecule has 20 heavy (non-hydrogen) atoms. The average Bonchev–Trinajstić information content (AvgIpc) is 2.34. The lowest BCUT2D eigenvalue weighted by Crippen LogP contribution is -2.50. The Bertz CT molecular complexity index is 290. The predicted octanol–water partition coefficient (Wildman–Crippen LogP) is 3.72. The molecule has 0 radical (unpaired) electrons. The van der Waals surface area contributed by atoms with Crippen molar-refractivity contribution in [3.8, 4) is 0 Å². The predicted molar refractivity (Wildman–Crippen MR) is 88.0 cm³/mol. The average molecular weight is 280 g/mol. The highest BCUT2D eigenvalue weighted by Gasteiger charge is 2.36. The molecule has 118 valence electrons. The van der Waals surface area contributed by atoms with Gasteiger partial charge in [-0.1, -0.05) is 34.6 Å². The van der Waals surface area contributed by atoms with Crippen LogP contribution in [0.2, 0.25) is 0 Å². The minimum atomic E-state index is 0.482. The van der Waals surface area contributed by atoms with Crippen molar-refractivity contribution in [2.45, 2.75) is 53.9 Å². The van der Waals surface area contributed by atoms with Crippen LogP contribution in [-0.4, -0.2) is 49.1 Å². The number of nitrogens with zero attached hydrogens (tertiary/aromatic N) is 2. The molecule has 2 aliphatic heterocycles. The van der Waals surface area contributed by atoms with Crippen LogP contribution in [0.5, 0.6) is 0 Å². The first-order valence-corrected chi connectivity index (χ1v) is 8.81. The SMILES string of the molecule is CC(C)CN1CC[C@@H](CN2CCC(C)CC2)C(C)(C)C1. The highest BCUT2D eigenvalue weighted by Crippen LogP contribution is 2.36. The van der Waals surface area contributed by atoms with Crippen LogP contribution in [0, 0.1) is 23.2 Å². The fraction of sp³-hybridized carbons (Fsp3) is 1.00. The van der Waals surface area contributed by atoms with E-state index in [0.717, 1.165) is 17.8 Å². The van der Waals surface area contributed by atoms with Gasteiger partial charge in [0.2, 0.25) is 0 Å². The Kier molecular flexibility index (Phi) is 5.53. The second-order valence-electron chi connectivity index (χ2n) is 8.59. The molecule has 1 atom stereocenters. The van der Waals surface area contributed by atoms with Crippen LogP contribution in [0.25, 0.3) is 0 Å². The zero-order valence-corrected chi connectivity index (χ0v) is 14.5. The van der Waals surface area contributed by atoms with Gasteiger partial charge < -0.3 is 9.80 Å². The van der Waals surface area contributed by atoms with Crippen molar-refractivity contribution in [1.29, 1.82) is 0 Å². The van der Waals surface area contributed by atoms with Crippen molar-refractivity contribution in [1.82, 2.24) is 9.80 Å². The summed E-state index contributed by atoms with van der Waals surface area (Å²) in [6.07, 6.45) is 4.21. The van der Waals surface area contributed by atoms with Gasteiger partial charge in [-0.05, 0) is 62.1 Å². The zero-order chi connectivity index (χ0) is 14.8. The molecule has 2 fully saturated rings. The first-order chi connectivity index (χ1) is 9.37. The number of likely N-dealkylation sites (tertiary alicyclic amines) is 2. The van der Waals surface area contributed by atoms with Gasteiger partial charge in [-0.25, -0.2) is 0 Å². The second kappa shape index (κ2) is 6.79.